The Morgan fingerprint density at radius 1 is 0.727 bits per heavy atom. The molecule has 0 amide bonds. The van der Waals surface area contributed by atoms with Crippen LogP contribution in [0.2, 0.25) is 0 Å². The van der Waals surface area contributed by atoms with Gasteiger partial charge in [0.05, 0.1) is 0 Å². The average Bonchev–Trinajstić information content (AvgIpc) is 2.86. The molecule has 128 valence electrons. The minimum absolute atomic E-state index is 0.698. The molecule has 0 radical (unpaired) electrons. The van der Waals surface area contributed by atoms with Crippen LogP contribution in [0, 0.1) is 3.57 Å². The summed E-state index contributed by atoms with van der Waals surface area (Å²) >= 11 is 3.28. The predicted molar refractivity (Wildman–Crippen MR) is 110 cm³/mol. The molecule has 1 heterocycles. The van der Waals surface area contributed by atoms with Gasteiger partial charge in [0.2, 0.25) is 0 Å². The molecule has 0 unspecified atom stereocenters. The van der Waals surface area contributed by atoms with Crippen molar-refractivity contribution in [3.63, 3.8) is 0 Å². The van der Waals surface area contributed by atoms with Gasteiger partial charge in [0, 0.05) is 0 Å². The molecule has 0 aromatic carbocycles. The second-order valence-corrected chi connectivity index (χ2v) is 10.2. The number of hydrogen-bond donors (Lipinski definition) is 0. The normalized spacial score (nSPS) is 11.2. The van der Waals surface area contributed by atoms with Crippen LogP contribution in [0.3, 0.4) is 0 Å². The molecule has 2 heteroatoms. The van der Waals surface area contributed by atoms with Gasteiger partial charge in [-0.1, -0.05) is 0 Å². The van der Waals surface area contributed by atoms with Crippen molar-refractivity contribution in [2.75, 3.05) is 0 Å². The Balaban J connectivity index is 2.14. The SMILES string of the molecule is CCCCCCCCc1cc(I)c(CCCCCCCC)[se]1. The van der Waals surface area contributed by atoms with Crippen LogP contribution in [-0.2, 0) is 12.8 Å². The summed E-state index contributed by atoms with van der Waals surface area (Å²) in [5.41, 5.74) is 0. The van der Waals surface area contributed by atoms with Crippen molar-refractivity contribution in [1.29, 1.82) is 0 Å². The molecule has 1 aromatic heterocycles. The van der Waals surface area contributed by atoms with Crippen molar-refractivity contribution in [2.24, 2.45) is 0 Å². The van der Waals surface area contributed by atoms with Crippen LogP contribution in [0.25, 0.3) is 0 Å². The molecule has 0 nitrogen and oxygen atoms in total. The summed E-state index contributed by atoms with van der Waals surface area (Å²) in [6.07, 6.45) is 19.8. The number of halogens is 1. The first-order valence-corrected chi connectivity index (χ1v) is 12.3. The summed E-state index contributed by atoms with van der Waals surface area (Å²) in [7, 11) is 0. The van der Waals surface area contributed by atoms with Crippen molar-refractivity contribution in [2.45, 2.75) is 104 Å². The van der Waals surface area contributed by atoms with Gasteiger partial charge in [-0.15, -0.1) is 0 Å². The van der Waals surface area contributed by atoms with E-state index >= 15 is 0 Å². The summed E-state index contributed by atoms with van der Waals surface area (Å²) in [4.78, 5) is 0. The van der Waals surface area contributed by atoms with Crippen molar-refractivity contribution in [3.05, 3.63) is 18.5 Å². The van der Waals surface area contributed by atoms with Crippen molar-refractivity contribution in [1.82, 2.24) is 0 Å². The summed E-state index contributed by atoms with van der Waals surface area (Å²) in [6.45, 7) is 4.59. The van der Waals surface area contributed by atoms with Gasteiger partial charge in [-0.2, -0.15) is 0 Å². The Morgan fingerprint density at radius 2 is 1.23 bits per heavy atom. The van der Waals surface area contributed by atoms with Crippen molar-refractivity contribution < 1.29 is 0 Å². The van der Waals surface area contributed by atoms with E-state index in [1.54, 1.807) is 12.4 Å². The van der Waals surface area contributed by atoms with E-state index in [2.05, 4.69) is 42.5 Å². The van der Waals surface area contributed by atoms with Gasteiger partial charge in [0.15, 0.2) is 0 Å². The minimum atomic E-state index is 0.698. The Kier molecular flexibility index (Phi) is 13.3. The molecular formula is C20H35ISe. The Bertz CT molecular complexity index is 370. The van der Waals surface area contributed by atoms with Crippen LogP contribution in [0.4, 0.5) is 0 Å². The van der Waals surface area contributed by atoms with Gasteiger partial charge < -0.3 is 0 Å². The molecule has 0 aliphatic heterocycles. The number of hydrogen-bond acceptors (Lipinski definition) is 0. The quantitative estimate of drug-likeness (QED) is 0.150. The zero-order chi connectivity index (χ0) is 16.0. The second kappa shape index (κ2) is 14.1. The van der Waals surface area contributed by atoms with Gasteiger partial charge in [-0.25, -0.2) is 0 Å². The topological polar surface area (TPSA) is 0 Å². The molecule has 0 aliphatic carbocycles. The van der Waals surface area contributed by atoms with Crippen LogP contribution >= 0.6 is 22.6 Å². The predicted octanol–water partition coefficient (Wildman–Crippen LogP) is 7.15. The van der Waals surface area contributed by atoms with Gasteiger partial charge in [0.25, 0.3) is 0 Å². The van der Waals surface area contributed by atoms with Crippen LogP contribution < -0.4 is 0 Å². The van der Waals surface area contributed by atoms with E-state index in [-0.39, 0.29) is 0 Å². The maximum atomic E-state index is 2.58. The first-order chi connectivity index (χ1) is 10.8. The third-order valence-electron chi connectivity index (χ3n) is 4.34. The van der Waals surface area contributed by atoms with Crippen LogP contribution in [-0.4, -0.2) is 14.5 Å². The van der Waals surface area contributed by atoms with Gasteiger partial charge in [0.1, 0.15) is 0 Å². The van der Waals surface area contributed by atoms with Gasteiger partial charge in [-0.05, 0) is 0 Å². The molecule has 0 aliphatic rings. The molecule has 22 heavy (non-hydrogen) atoms. The molecule has 0 fully saturated rings. The fourth-order valence-corrected chi connectivity index (χ4v) is 6.99. The fourth-order valence-electron chi connectivity index (χ4n) is 2.90. The van der Waals surface area contributed by atoms with Crippen LogP contribution in [0.5, 0.6) is 0 Å². The Morgan fingerprint density at radius 3 is 1.82 bits per heavy atom. The van der Waals surface area contributed by atoms with E-state index in [4.69, 9.17) is 0 Å². The summed E-state index contributed by atoms with van der Waals surface area (Å²) < 4.78 is 5.16. The monoisotopic (exact) mass is 482 g/mol. The van der Waals surface area contributed by atoms with E-state index in [9.17, 15) is 0 Å². The zero-order valence-electron chi connectivity index (χ0n) is 14.8. The van der Waals surface area contributed by atoms with E-state index in [1.165, 1.54) is 89.9 Å². The number of aryl methyl sites for hydroxylation is 2. The Labute approximate surface area is 158 Å². The second-order valence-electron chi connectivity index (χ2n) is 6.52. The maximum absolute atomic E-state index is 2.58. The average molecular weight is 481 g/mol. The van der Waals surface area contributed by atoms with Crippen molar-refractivity contribution >= 4 is 37.1 Å². The third kappa shape index (κ3) is 9.78. The van der Waals surface area contributed by atoms with E-state index < -0.39 is 0 Å². The fraction of sp³-hybridized carbons (Fsp3) is 0.800. The molecule has 0 saturated heterocycles. The summed E-state index contributed by atoms with van der Waals surface area (Å²) in [6, 6.07) is 2.51. The van der Waals surface area contributed by atoms with Crippen LogP contribution in [0.15, 0.2) is 6.07 Å². The molecule has 1 rings (SSSR count). The Hall–Kier alpha value is 0.729. The molecule has 0 saturated carbocycles. The molecule has 1 aromatic rings. The summed E-state index contributed by atoms with van der Waals surface area (Å²) in [5, 5.41) is 0. The zero-order valence-corrected chi connectivity index (χ0v) is 18.6. The molecule has 0 spiro atoms. The van der Waals surface area contributed by atoms with Gasteiger partial charge in [-0.3, -0.25) is 0 Å². The van der Waals surface area contributed by atoms with Crippen molar-refractivity contribution in [3.8, 4) is 0 Å². The molecular weight excluding hydrogens is 446 g/mol. The van der Waals surface area contributed by atoms with E-state index in [0.717, 1.165) is 0 Å². The molecule has 0 N–H and O–H groups in total. The van der Waals surface area contributed by atoms with E-state index in [1.807, 2.05) is 0 Å². The standard InChI is InChI=1S/C20H35ISe/c1-3-5-7-9-11-13-15-18-17-19(21)20(22-18)16-14-12-10-8-6-4-2/h17H,3-16H2,1-2H3. The molecule has 0 bridgehead atoms. The first kappa shape index (κ1) is 20.8. The summed E-state index contributed by atoms with van der Waals surface area (Å²) in [5.74, 6) is 0. The number of rotatable bonds is 14. The van der Waals surface area contributed by atoms with Gasteiger partial charge >= 0.3 is 159 Å². The first-order valence-electron chi connectivity index (χ1n) is 9.55. The third-order valence-corrected chi connectivity index (χ3v) is 8.76. The van der Waals surface area contributed by atoms with E-state index in [0.29, 0.717) is 14.5 Å². The number of unbranched alkanes of at least 4 members (excludes halogenated alkanes) is 10. The van der Waals surface area contributed by atoms with Crippen LogP contribution in [0.1, 0.15) is 99.8 Å². The molecule has 0 atom stereocenters.